The lowest BCUT2D eigenvalue weighted by atomic mass is 10.1. The van der Waals surface area contributed by atoms with Crippen molar-refractivity contribution in [1.29, 1.82) is 0 Å². The molecule has 0 saturated carbocycles. The zero-order chi connectivity index (χ0) is 17.6. The fourth-order valence-corrected chi connectivity index (χ4v) is 3.37. The molecular formula is C18H15ClN4O2. The summed E-state index contributed by atoms with van der Waals surface area (Å²) in [5, 5.41) is 10.2. The average molecular weight is 355 g/mol. The predicted octanol–water partition coefficient (Wildman–Crippen LogP) is 3.14. The van der Waals surface area contributed by atoms with Gasteiger partial charge in [-0.3, -0.25) is 14.6 Å². The highest BCUT2D eigenvalue weighted by Crippen LogP contribution is 2.33. The van der Waals surface area contributed by atoms with Crippen molar-refractivity contribution in [2.24, 2.45) is 10.3 Å². The molecule has 2 aromatic carbocycles. The molecule has 0 aliphatic carbocycles. The summed E-state index contributed by atoms with van der Waals surface area (Å²) in [6.07, 6.45) is 0. The second-order valence-electron chi connectivity index (χ2n) is 6.11. The molecule has 0 unspecified atom stereocenters. The first-order valence-electron chi connectivity index (χ1n) is 7.91. The van der Waals surface area contributed by atoms with E-state index in [1.807, 2.05) is 31.2 Å². The van der Waals surface area contributed by atoms with Crippen LogP contribution < -0.4 is 4.90 Å². The lowest BCUT2D eigenvalue weighted by Crippen LogP contribution is -2.39. The number of benzene rings is 2. The topological polar surface area (TPSA) is 65.3 Å². The number of aryl methyl sites for hydroxylation is 1. The molecule has 0 radical (unpaired) electrons. The van der Waals surface area contributed by atoms with Crippen molar-refractivity contribution < 1.29 is 9.59 Å². The number of carbonyl (C=O) groups excluding carboxylic acids is 2. The van der Waals surface area contributed by atoms with Crippen LogP contribution in [0.3, 0.4) is 0 Å². The first-order valence-corrected chi connectivity index (χ1v) is 8.29. The zero-order valence-electron chi connectivity index (χ0n) is 13.5. The number of nitrogens with zero attached hydrogens (tertiary/aromatic N) is 4. The van der Waals surface area contributed by atoms with Gasteiger partial charge in [-0.1, -0.05) is 47.2 Å². The Labute approximate surface area is 149 Å². The van der Waals surface area contributed by atoms with Crippen molar-refractivity contribution in [2.45, 2.75) is 25.6 Å². The highest BCUT2D eigenvalue weighted by atomic mass is 35.5. The molecule has 0 spiro atoms. The van der Waals surface area contributed by atoms with E-state index < -0.39 is 12.1 Å². The summed E-state index contributed by atoms with van der Waals surface area (Å²) >= 11 is 5.99. The van der Waals surface area contributed by atoms with Crippen LogP contribution in [0.1, 0.15) is 11.1 Å². The normalized spacial score (nSPS) is 22.0. The number of imide groups is 1. The number of hydrogen-bond donors (Lipinski definition) is 0. The van der Waals surface area contributed by atoms with Crippen molar-refractivity contribution in [1.82, 2.24) is 5.01 Å². The van der Waals surface area contributed by atoms with Gasteiger partial charge in [-0.05, 0) is 36.2 Å². The minimum Gasteiger partial charge on any atom is -0.271 e. The highest BCUT2D eigenvalue weighted by Gasteiger charge is 2.54. The Balaban J connectivity index is 1.63. The fraction of sp³-hybridized carbons (Fsp3) is 0.222. The van der Waals surface area contributed by atoms with E-state index in [1.165, 1.54) is 0 Å². The fourth-order valence-electron chi connectivity index (χ4n) is 3.19. The van der Waals surface area contributed by atoms with Gasteiger partial charge < -0.3 is 0 Å². The number of amides is 2. The van der Waals surface area contributed by atoms with E-state index in [9.17, 15) is 9.59 Å². The van der Waals surface area contributed by atoms with Crippen LogP contribution >= 0.6 is 11.6 Å². The van der Waals surface area contributed by atoms with Crippen LogP contribution in [-0.4, -0.2) is 28.9 Å². The second kappa shape index (κ2) is 5.97. The Kier molecular flexibility index (Phi) is 3.77. The Morgan fingerprint density at radius 1 is 1.08 bits per heavy atom. The molecule has 0 N–H and O–H groups in total. The van der Waals surface area contributed by atoms with Gasteiger partial charge in [-0.25, -0.2) is 4.90 Å². The van der Waals surface area contributed by atoms with Gasteiger partial charge in [-0.15, -0.1) is 0 Å². The molecule has 2 amide bonds. The zero-order valence-corrected chi connectivity index (χ0v) is 14.2. The Morgan fingerprint density at radius 2 is 1.88 bits per heavy atom. The van der Waals surface area contributed by atoms with Gasteiger partial charge >= 0.3 is 0 Å². The summed E-state index contributed by atoms with van der Waals surface area (Å²) in [5.74, 6) is -0.691. The largest absolute Gasteiger partial charge is 0.271 e. The standard InChI is InChI=1S/C18H15ClN4O2/c1-11-5-2-3-6-12(11)10-22-16-15(20-21-22)17(24)23(18(16)25)14-8-4-7-13(19)9-14/h2-9,15-16H,10H2,1H3/t15-,16+/m0/s1. The highest BCUT2D eigenvalue weighted by molar-refractivity contribution is 6.31. The molecule has 2 heterocycles. The molecule has 2 atom stereocenters. The minimum absolute atomic E-state index is 0.323. The summed E-state index contributed by atoms with van der Waals surface area (Å²) in [4.78, 5) is 26.7. The molecule has 7 heteroatoms. The smallest absolute Gasteiger partial charge is 0.263 e. The maximum Gasteiger partial charge on any atom is 0.263 e. The predicted molar refractivity (Wildman–Crippen MR) is 93.1 cm³/mol. The molecule has 126 valence electrons. The summed E-state index contributed by atoms with van der Waals surface area (Å²) in [7, 11) is 0. The van der Waals surface area contributed by atoms with Crippen molar-refractivity contribution in [3.63, 3.8) is 0 Å². The third-order valence-corrected chi connectivity index (χ3v) is 4.75. The van der Waals surface area contributed by atoms with Crippen LogP contribution in [0.2, 0.25) is 5.02 Å². The first kappa shape index (κ1) is 15.8. The van der Waals surface area contributed by atoms with Crippen LogP contribution in [0.4, 0.5) is 5.69 Å². The number of carbonyl (C=O) groups is 2. The van der Waals surface area contributed by atoms with Crippen LogP contribution in [-0.2, 0) is 16.1 Å². The van der Waals surface area contributed by atoms with E-state index in [2.05, 4.69) is 10.3 Å². The lowest BCUT2D eigenvalue weighted by Gasteiger charge is -2.21. The van der Waals surface area contributed by atoms with E-state index in [-0.39, 0.29) is 11.8 Å². The van der Waals surface area contributed by atoms with Crippen LogP contribution in [0.15, 0.2) is 58.9 Å². The van der Waals surface area contributed by atoms with Crippen molar-refractivity contribution in [3.05, 3.63) is 64.7 Å². The molecule has 0 aromatic heterocycles. The third-order valence-electron chi connectivity index (χ3n) is 4.52. The van der Waals surface area contributed by atoms with E-state index in [0.29, 0.717) is 17.3 Å². The first-order chi connectivity index (χ1) is 12.1. The Hall–Kier alpha value is -2.73. The molecule has 6 nitrogen and oxygen atoms in total. The maximum absolute atomic E-state index is 12.9. The van der Waals surface area contributed by atoms with E-state index in [4.69, 9.17) is 11.6 Å². The van der Waals surface area contributed by atoms with Gasteiger partial charge in [0, 0.05) is 5.02 Å². The summed E-state index contributed by atoms with van der Waals surface area (Å²) in [6.45, 7) is 2.43. The number of hydrogen-bond acceptors (Lipinski definition) is 5. The van der Waals surface area contributed by atoms with Gasteiger partial charge in [0.05, 0.1) is 12.2 Å². The van der Waals surface area contributed by atoms with Crippen molar-refractivity contribution in [3.8, 4) is 0 Å². The van der Waals surface area contributed by atoms with Gasteiger partial charge in [0.2, 0.25) is 0 Å². The van der Waals surface area contributed by atoms with E-state index in [1.54, 1.807) is 29.3 Å². The van der Waals surface area contributed by atoms with Gasteiger partial charge in [0.15, 0.2) is 12.1 Å². The molecule has 1 fully saturated rings. The molecule has 2 aliphatic rings. The molecule has 25 heavy (non-hydrogen) atoms. The molecule has 2 aliphatic heterocycles. The number of halogens is 1. The van der Waals surface area contributed by atoms with Crippen molar-refractivity contribution >= 4 is 29.1 Å². The quantitative estimate of drug-likeness (QED) is 0.795. The van der Waals surface area contributed by atoms with Crippen molar-refractivity contribution in [2.75, 3.05) is 4.90 Å². The summed E-state index contributed by atoms with van der Waals surface area (Å²) in [5.41, 5.74) is 2.61. The van der Waals surface area contributed by atoms with Gasteiger partial charge in [0.25, 0.3) is 11.8 Å². The lowest BCUT2D eigenvalue weighted by molar-refractivity contribution is -0.123. The molecule has 0 bridgehead atoms. The molecule has 1 saturated heterocycles. The molecular weight excluding hydrogens is 340 g/mol. The Morgan fingerprint density at radius 3 is 2.64 bits per heavy atom. The number of rotatable bonds is 3. The molecule has 2 aromatic rings. The van der Waals surface area contributed by atoms with Crippen LogP contribution in [0.25, 0.3) is 0 Å². The maximum atomic E-state index is 12.9. The monoisotopic (exact) mass is 354 g/mol. The SMILES string of the molecule is Cc1ccccc1CN1N=N[C@@H]2C(=O)N(c3cccc(Cl)c3)C(=O)[C@@H]21. The number of anilines is 1. The minimum atomic E-state index is -0.796. The second-order valence-corrected chi connectivity index (χ2v) is 6.55. The van der Waals surface area contributed by atoms with Gasteiger partial charge in [0.1, 0.15) is 0 Å². The molecule has 4 rings (SSSR count). The summed E-state index contributed by atoms with van der Waals surface area (Å²) in [6, 6.07) is 13.1. The Bertz CT molecular complexity index is 898. The van der Waals surface area contributed by atoms with Crippen LogP contribution in [0.5, 0.6) is 0 Å². The summed E-state index contributed by atoms with van der Waals surface area (Å²) < 4.78 is 0. The van der Waals surface area contributed by atoms with E-state index in [0.717, 1.165) is 16.0 Å². The average Bonchev–Trinajstić information content (AvgIpc) is 3.10. The third kappa shape index (κ3) is 2.59. The van der Waals surface area contributed by atoms with Gasteiger partial charge in [-0.2, -0.15) is 5.11 Å². The van der Waals surface area contributed by atoms with E-state index >= 15 is 0 Å². The number of fused-ring (bicyclic) bond motifs is 1. The van der Waals surface area contributed by atoms with Crippen LogP contribution in [0, 0.1) is 6.92 Å².